The van der Waals surface area contributed by atoms with Crippen molar-refractivity contribution in [3.05, 3.63) is 12.7 Å². The van der Waals surface area contributed by atoms with Gasteiger partial charge in [-0.2, -0.15) is 0 Å². The van der Waals surface area contributed by atoms with Gasteiger partial charge in [0.2, 0.25) is 5.91 Å². The molecule has 0 saturated carbocycles. The Morgan fingerprint density at radius 1 is 1.75 bits per heavy atom. The molecule has 0 bridgehead atoms. The normalized spacial score (nSPS) is 26.1. The molecule has 1 aliphatic rings. The minimum absolute atomic E-state index is 0.0124. The lowest BCUT2D eigenvalue weighted by Crippen LogP contribution is -2.63. The maximum atomic E-state index is 11.7. The zero-order valence-corrected chi connectivity index (χ0v) is 10.4. The number of likely N-dealkylation sites (tertiary alicyclic amines) is 1. The number of hydrogen-bond acceptors (Lipinski definition) is 3. The number of amides is 1. The third-order valence-corrected chi connectivity index (χ3v) is 4.11. The number of hydrogen-bond donors (Lipinski definition) is 1. The highest BCUT2D eigenvalue weighted by atomic mass is 32.2. The van der Waals surface area contributed by atoms with Crippen LogP contribution in [0.15, 0.2) is 12.7 Å². The zero-order chi connectivity index (χ0) is 12.3. The van der Waals surface area contributed by atoms with Crippen molar-refractivity contribution in [2.45, 2.75) is 31.7 Å². The van der Waals surface area contributed by atoms with Crippen LogP contribution in [0.4, 0.5) is 0 Å². The highest BCUT2D eigenvalue weighted by molar-refractivity contribution is 8.00. The molecule has 90 valence electrons. The van der Waals surface area contributed by atoms with Gasteiger partial charge in [-0.1, -0.05) is 13.0 Å². The molecule has 0 radical (unpaired) electrons. The molecule has 1 saturated heterocycles. The first-order valence-electron chi connectivity index (χ1n) is 5.32. The molecule has 0 spiro atoms. The van der Waals surface area contributed by atoms with Gasteiger partial charge in [-0.25, -0.2) is 4.79 Å². The summed E-state index contributed by atoms with van der Waals surface area (Å²) >= 11 is 1.58. The molecule has 5 heteroatoms. The third-order valence-electron chi connectivity index (χ3n) is 2.79. The van der Waals surface area contributed by atoms with Crippen LogP contribution in [-0.4, -0.2) is 39.1 Å². The summed E-state index contributed by atoms with van der Waals surface area (Å²) in [5.41, 5.74) is 0. The van der Waals surface area contributed by atoms with Gasteiger partial charge < -0.3 is 10.0 Å². The zero-order valence-electron chi connectivity index (χ0n) is 9.55. The average Bonchev–Trinajstić information content (AvgIpc) is 2.24. The lowest BCUT2D eigenvalue weighted by Gasteiger charge is -2.48. The minimum atomic E-state index is -0.952. The van der Waals surface area contributed by atoms with E-state index in [1.165, 1.54) is 4.90 Å². The maximum absolute atomic E-state index is 11.7. The van der Waals surface area contributed by atoms with Crippen LogP contribution in [0.3, 0.4) is 0 Å². The number of carbonyl (C=O) groups excluding carboxylic acids is 1. The highest BCUT2D eigenvalue weighted by Gasteiger charge is 2.49. The van der Waals surface area contributed by atoms with Crippen molar-refractivity contribution in [3.8, 4) is 0 Å². The van der Waals surface area contributed by atoms with Crippen molar-refractivity contribution in [2.24, 2.45) is 5.92 Å². The lowest BCUT2D eigenvalue weighted by atomic mass is 9.93. The SMILES string of the molecule is C=CCSC1C(CC)C(=O)N1C(C)C(=O)O. The number of nitrogens with zero attached hydrogens (tertiary/aromatic N) is 1. The predicted molar refractivity (Wildman–Crippen MR) is 64.2 cm³/mol. The average molecular weight is 243 g/mol. The molecule has 1 heterocycles. The molecular weight excluding hydrogens is 226 g/mol. The van der Waals surface area contributed by atoms with Gasteiger partial charge in [0.05, 0.1) is 11.3 Å². The molecule has 0 aromatic rings. The van der Waals surface area contributed by atoms with E-state index in [0.717, 1.165) is 12.2 Å². The number of carboxylic acids is 1. The molecule has 1 fully saturated rings. The highest BCUT2D eigenvalue weighted by Crippen LogP contribution is 2.38. The summed E-state index contributed by atoms with van der Waals surface area (Å²) in [5.74, 6) is -0.296. The summed E-state index contributed by atoms with van der Waals surface area (Å²) in [6, 6.07) is -0.738. The monoisotopic (exact) mass is 243 g/mol. The van der Waals surface area contributed by atoms with Gasteiger partial charge in [0.15, 0.2) is 0 Å². The van der Waals surface area contributed by atoms with E-state index in [1.54, 1.807) is 24.8 Å². The van der Waals surface area contributed by atoms with Crippen molar-refractivity contribution in [1.29, 1.82) is 0 Å². The molecule has 16 heavy (non-hydrogen) atoms. The van der Waals surface area contributed by atoms with Crippen molar-refractivity contribution in [2.75, 3.05) is 5.75 Å². The Kier molecular flexibility index (Phi) is 4.41. The van der Waals surface area contributed by atoms with Crippen LogP contribution < -0.4 is 0 Å². The Hall–Kier alpha value is -0.970. The van der Waals surface area contributed by atoms with E-state index < -0.39 is 12.0 Å². The Morgan fingerprint density at radius 2 is 2.38 bits per heavy atom. The van der Waals surface area contributed by atoms with Crippen molar-refractivity contribution in [1.82, 2.24) is 4.90 Å². The smallest absolute Gasteiger partial charge is 0.326 e. The summed E-state index contributed by atoms with van der Waals surface area (Å²) in [6.07, 6.45) is 2.53. The Labute approximate surface area is 99.7 Å². The summed E-state index contributed by atoms with van der Waals surface area (Å²) in [7, 11) is 0. The minimum Gasteiger partial charge on any atom is -0.480 e. The molecular formula is C11H17NO3S. The maximum Gasteiger partial charge on any atom is 0.326 e. The van der Waals surface area contributed by atoms with E-state index >= 15 is 0 Å². The molecule has 3 atom stereocenters. The van der Waals surface area contributed by atoms with Crippen molar-refractivity contribution in [3.63, 3.8) is 0 Å². The summed E-state index contributed by atoms with van der Waals surface area (Å²) < 4.78 is 0. The van der Waals surface area contributed by atoms with E-state index in [4.69, 9.17) is 5.11 Å². The number of aliphatic carboxylic acids is 1. The van der Waals surface area contributed by atoms with Gasteiger partial charge in [0.25, 0.3) is 0 Å². The van der Waals surface area contributed by atoms with Gasteiger partial charge in [-0.3, -0.25) is 4.79 Å². The first-order valence-corrected chi connectivity index (χ1v) is 6.36. The number of thioether (sulfide) groups is 1. The van der Waals surface area contributed by atoms with Crippen LogP contribution in [0.1, 0.15) is 20.3 Å². The quantitative estimate of drug-likeness (QED) is 0.568. The molecule has 0 aromatic carbocycles. The Bertz CT molecular complexity index is 306. The molecule has 4 nitrogen and oxygen atoms in total. The van der Waals surface area contributed by atoms with Crippen molar-refractivity contribution >= 4 is 23.6 Å². The third kappa shape index (κ3) is 2.24. The van der Waals surface area contributed by atoms with Crippen LogP contribution in [0.2, 0.25) is 0 Å². The Morgan fingerprint density at radius 3 is 2.81 bits per heavy atom. The topological polar surface area (TPSA) is 57.6 Å². The fraction of sp³-hybridized carbons (Fsp3) is 0.636. The van der Waals surface area contributed by atoms with E-state index in [0.29, 0.717) is 0 Å². The second-order valence-corrected chi connectivity index (χ2v) is 4.94. The fourth-order valence-corrected chi connectivity index (χ4v) is 3.14. The van der Waals surface area contributed by atoms with E-state index in [-0.39, 0.29) is 17.2 Å². The first kappa shape index (κ1) is 13.1. The van der Waals surface area contributed by atoms with Crippen LogP contribution in [0.5, 0.6) is 0 Å². The lowest BCUT2D eigenvalue weighted by molar-refractivity contribution is -0.163. The van der Waals surface area contributed by atoms with E-state index in [1.807, 2.05) is 6.92 Å². The Balaban J connectivity index is 2.71. The second kappa shape index (κ2) is 5.39. The van der Waals surface area contributed by atoms with Crippen LogP contribution in [0, 0.1) is 5.92 Å². The largest absolute Gasteiger partial charge is 0.480 e. The molecule has 3 unspecified atom stereocenters. The van der Waals surface area contributed by atoms with Gasteiger partial charge >= 0.3 is 5.97 Å². The number of β-lactam (4-membered cyclic amide) rings is 1. The molecule has 0 aromatic heterocycles. The molecule has 1 N–H and O–H groups in total. The molecule has 1 rings (SSSR count). The van der Waals surface area contributed by atoms with Gasteiger partial charge in [-0.15, -0.1) is 18.3 Å². The second-order valence-electron chi connectivity index (χ2n) is 3.79. The van der Waals surface area contributed by atoms with E-state index in [9.17, 15) is 9.59 Å². The van der Waals surface area contributed by atoms with Crippen LogP contribution >= 0.6 is 11.8 Å². The predicted octanol–water partition coefficient (Wildman–Crippen LogP) is 1.57. The summed E-state index contributed by atoms with van der Waals surface area (Å²) in [4.78, 5) is 24.1. The number of rotatable bonds is 6. The molecule has 0 aliphatic carbocycles. The molecule has 1 aliphatic heterocycles. The van der Waals surface area contributed by atoms with Gasteiger partial charge in [0, 0.05) is 5.75 Å². The summed E-state index contributed by atoms with van der Waals surface area (Å²) in [5, 5.41) is 8.90. The number of carbonyl (C=O) groups is 2. The van der Waals surface area contributed by atoms with Crippen LogP contribution in [-0.2, 0) is 9.59 Å². The first-order chi connectivity index (χ1) is 7.54. The van der Waals surface area contributed by atoms with Crippen molar-refractivity contribution < 1.29 is 14.7 Å². The van der Waals surface area contributed by atoms with E-state index in [2.05, 4.69) is 6.58 Å². The van der Waals surface area contributed by atoms with Crippen LogP contribution in [0.25, 0.3) is 0 Å². The fourth-order valence-electron chi connectivity index (χ4n) is 1.82. The van der Waals surface area contributed by atoms with Gasteiger partial charge in [-0.05, 0) is 13.3 Å². The number of carboxylic acid groups (broad SMARTS) is 1. The van der Waals surface area contributed by atoms with Gasteiger partial charge in [0.1, 0.15) is 6.04 Å². The standard InChI is InChI=1S/C11H17NO3S/c1-4-6-16-10-8(5-2)9(13)12(10)7(3)11(14)15/h4,7-8,10H,1,5-6H2,2-3H3,(H,14,15). The summed E-state index contributed by atoms with van der Waals surface area (Å²) in [6.45, 7) is 7.13. The molecule has 1 amide bonds.